The molecule has 11 nitrogen and oxygen atoms in total. The lowest BCUT2D eigenvalue weighted by Gasteiger charge is -2.33. The summed E-state index contributed by atoms with van der Waals surface area (Å²) in [5, 5.41) is 5.84. The fourth-order valence-electron chi connectivity index (χ4n) is 5.90. The van der Waals surface area contributed by atoms with E-state index in [9.17, 15) is 13.2 Å². The molecule has 2 bridgehead atoms. The largest absolute Gasteiger partial charge is 0.371 e. The number of piperazine rings is 1. The summed E-state index contributed by atoms with van der Waals surface area (Å²) in [5.74, 6) is 1.61. The molecule has 2 amide bonds. The van der Waals surface area contributed by atoms with Crippen LogP contribution in [-0.2, 0) is 21.3 Å². The van der Waals surface area contributed by atoms with Gasteiger partial charge in [0.15, 0.2) is 11.6 Å². The van der Waals surface area contributed by atoms with Gasteiger partial charge in [-0.05, 0) is 56.0 Å². The minimum atomic E-state index is -3.16. The zero-order valence-corrected chi connectivity index (χ0v) is 24.7. The van der Waals surface area contributed by atoms with E-state index in [2.05, 4.69) is 26.5 Å². The average molecular weight is 598 g/mol. The van der Waals surface area contributed by atoms with Crippen LogP contribution in [0.1, 0.15) is 30.6 Å². The van der Waals surface area contributed by atoms with E-state index < -0.39 is 10.0 Å². The zero-order chi connectivity index (χ0) is 28.1. The summed E-state index contributed by atoms with van der Waals surface area (Å²) in [4.78, 5) is 28.1. The van der Waals surface area contributed by atoms with Gasteiger partial charge in [0, 0.05) is 68.0 Å². The van der Waals surface area contributed by atoms with Crippen LogP contribution < -0.4 is 15.5 Å². The van der Waals surface area contributed by atoms with Crippen molar-refractivity contribution in [3.63, 3.8) is 0 Å². The number of morpholine rings is 1. The van der Waals surface area contributed by atoms with Gasteiger partial charge in [-0.25, -0.2) is 23.2 Å². The summed E-state index contributed by atoms with van der Waals surface area (Å²) < 4.78 is 32.6. The van der Waals surface area contributed by atoms with Crippen LogP contribution in [0, 0.1) is 0 Å². The molecule has 5 heterocycles. The quantitative estimate of drug-likeness (QED) is 0.427. The highest BCUT2D eigenvalue weighted by Crippen LogP contribution is 2.38. The number of anilines is 2. The summed E-state index contributed by atoms with van der Waals surface area (Å²) in [6.07, 6.45) is 6.01. The lowest BCUT2D eigenvalue weighted by Crippen LogP contribution is -2.47. The van der Waals surface area contributed by atoms with E-state index in [0.717, 1.165) is 72.6 Å². The van der Waals surface area contributed by atoms with Crippen molar-refractivity contribution in [1.82, 2.24) is 24.5 Å². The molecule has 3 aromatic rings. The number of fused-ring (bicyclic) bond motifs is 3. The highest BCUT2D eigenvalue weighted by molar-refractivity contribution is 7.88. The molecule has 2 unspecified atom stereocenters. The van der Waals surface area contributed by atoms with Gasteiger partial charge in [0.25, 0.3) is 0 Å². The molecule has 4 aliphatic rings. The molecule has 3 aliphatic heterocycles. The number of rotatable bonds is 7. The Morgan fingerprint density at radius 2 is 1.73 bits per heavy atom. The summed E-state index contributed by atoms with van der Waals surface area (Å²) >= 11 is 1.73. The first-order valence-electron chi connectivity index (χ1n) is 14.3. The van der Waals surface area contributed by atoms with Gasteiger partial charge in [-0.3, -0.25) is 4.90 Å². The molecule has 0 radical (unpaired) electrons. The van der Waals surface area contributed by atoms with Crippen LogP contribution in [0.2, 0.25) is 0 Å². The fourth-order valence-corrected chi connectivity index (χ4v) is 7.88. The average Bonchev–Trinajstić information content (AvgIpc) is 3.56. The Balaban J connectivity index is 1.15. The van der Waals surface area contributed by atoms with E-state index in [1.165, 1.54) is 11.1 Å². The number of nitrogens with one attached hydrogen (secondary N) is 2. The van der Waals surface area contributed by atoms with Crippen molar-refractivity contribution in [2.24, 2.45) is 0 Å². The molecule has 2 atom stereocenters. The first kappa shape index (κ1) is 27.0. The predicted molar refractivity (Wildman–Crippen MR) is 160 cm³/mol. The number of aromatic nitrogens is 2. The summed E-state index contributed by atoms with van der Waals surface area (Å²) in [5.41, 5.74) is 2.54. The van der Waals surface area contributed by atoms with Crippen molar-refractivity contribution < 1.29 is 17.9 Å². The second-order valence-electron chi connectivity index (χ2n) is 11.5. The molecular weight excluding hydrogens is 562 g/mol. The van der Waals surface area contributed by atoms with Crippen molar-refractivity contribution >= 4 is 49.1 Å². The third-order valence-corrected chi connectivity index (χ3v) is 10.6. The minimum Gasteiger partial charge on any atom is -0.371 e. The Hall–Kier alpha value is -2.84. The smallest absolute Gasteiger partial charge is 0.319 e. The van der Waals surface area contributed by atoms with Crippen molar-refractivity contribution in [2.45, 2.75) is 50.5 Å². The van der Waals surface area contributed by atoms with E-state index in [4.69, 9.17) is 14.7 Å². The normalized spacial score (nSPS) is 23.7. The molecule has 0 spiro atoms. The number of carbonyl (C=O) groups excluding carboxylic acids is 1. The second-order valence-corrected chi connectivity index (χ2v) is 14.7. The number of nitrogens with zero attached hydrogens (tertiary/aromatic N) is 5. The van der Waals surface area contributed by atoms with Gasteiger partial charge in [0.1, 0.15) is 0 Å². The van der Waals surface area contributed by atoms with Gasteiger partial charge >= 0.3 is 6.03 Å². The van der Waals surface area contributed by atoms with Gasteiger partial charge < -0.3 is 20.3 Å². The van der Waals surface area contributed by atoms with Crippen LogP contribution >= 0.6 is 11.3 Å². The van der Waals surface area contributed by atoms with Gasteiger partial charge in [-0.2, -0.15) is 4.31 Å². The maximum atomic E-state index is 12.2. The Morgan fingerprint density at radius 1 is 1.02 bits per heavy atom. The Morgan fingerprint density at radius 3 is 2.39 bits per heavy atom. The zero-order valence-electron chi connectivity index (χ0n) is 23.1. The summed E-state index contributed by atoms with van der Waals surface area (Å²) in [6, 6.07) is 9.97. The molecule has 13 heteroatoms. The molecule has 2 N–H and O–H groups in total. The van der Waals surface area contributed by atoms with E-state index in [0.29, 0.717) is 38.0 Å². The van der Waals surface area contributed by atoms with Crippen LogP contribution in [0.4, 0.5) is 16.3 Å². The highest BCUT2D eigenvalue weighted by atomic mass is 32.2. The molecule has 218 valence electrons. The number of amides is 2. The number of sulfonamides is 1. The molecule has 3 saturated heterocycles. The van der Waals surface area contributed by atoms with E-state index >= 15 is 0 Å². The number of hydrogen-bond donors (Lipinski definition) is 2. The van der Waals surface area contributed by atoms with Crippen molar-refractivity contribution in [1.29, 1.82) is 0 Å². The van der Waals surface area contributed by atoms with Crippen molar-refractivity contribution in [3.05, 3.63) is 35.2 Å². The minimum absolute atomic E-state index is 0.175. The van der Waals surface area contributed by atoms with Crippen LogP contribution in [0.3, 0.4) is 0 Å². The Bertz CT molecular complexity index is 1540. The molecule has 7 rings (SSSR count). The van der Waals surface area contributed by atoms with E-state index in [1.807, 2.05) is 24.3 Å². The van der Waals surface area contributed by atoms with Crippen LogP contribution in [0.25, 0.3) is 21.6 Å². The van der Waals surface area contributed by atoms with Gasteiger partial charge in [0.2, 0.25) is 10.0 Å². The van der Waals surface area contributed by atoms with Crippen LogP contribution in [0.5, 0.6) is 0 Å². The van der Waals surface area contributed by atoms with Gasteiger partial charge in [-0.1, -0.05) is 0 Å². The Labute approximate surface area is 243 Å². The third-order valence-electron chi connectivity index (χ3n) is 8.24. The number of benzene rings is 1. The van der Waals surface area contributed by atoms with Crippen LogP contribution in [-0.4, -0.2) is 97.4 Å². The standard InChI is InChI=1S/C28H35N7O4S2/c1-41(37,38)35-12-10-33(11-13-35)17-23-14-24-25(40-23)27(34-15-21-8-9-22(16-34)39-21)32-26(31-24)18-2-4-19(5-3-18)29-28(36)30-20-6-7-20/h2-5,14,20-22H,6-13,15-17H2,1H3,(H2,29,30,36). The number of carbonyl (C=O) groups is 1. The number of hydrogen-bond acceptors (Lipinski definition) is 9. The third kappa shape index (κ3) is 6.05. The molecule has 1 saturated carbocycles. The molecule has 1 aromatic carbocycles. The molecular formula is C28H35N7O4S2. The second kappa shape index (κ2) is 10.8. The monoisotopic (exact) mass is 597 g/mol. The van der Waals surface area contributed by atoms with Gasteiger partial charge in [0.05, 0.1) is 28.7 Å². The highest BCUT2D eigenvalue weighted by Gasteiger charge is 2.35. The number of thiophene rings is 1. The lowest BCUT2D eigenvalue weighted by molar-refractivity contribution is 0.0303. The first-order chi connectivity index (χ1) is 19.8. The molecule has 1 aliphatic carbocycles. The van der Waals surface area contributed by atoms with Crippen molar-refractivity contribution in [2.75, 3.05) is 55.7 Å². The fraction of sp³-hybridized carbons (Fsp3) is 0.536. The van der Waals surface area contributed by atoms with Gasteiger partial charge in [-0.15, -0.1) is 11.3 Å². The van der Waals surface area contributed by atoms with E-state index in [1.54, 1.807) is 15.6 Å². The van der Waals surface area contributed by atoms with Crippen LogP contribution in [0.15, 0.2) is 30.3 Å². The summed E-state index contributed by atoms with van der Waals surface area (Å²) in [6.45, 7) is 4.84. The Kier molecular flexibility index (Phi) is 7.10. The molecule has 4 fully saturated rings. The number of urea groups is 1. The first-order valence-corrected chi connectivity index (χ1v) is 17.0. The maximum Gasteiger partial charge on any atom is 0.319 e. The molecule has 2 aromatic heterocycles. The topological polar surface area (TPSA) is 120 Å². The molecule has 41 heavy (non-hydrogen) atoms. The summed E-state index contributed by atoms with van der Waals surface area (Å²) in [7, 11) is -3.16. The maximum absolute atomic E-state index is 12.2. The SMILES string of the molecule is CS(=O)(=O)N1CCN(Cc2cc3nc(-c4ccc(NC(=O)NC5CC5)cc4)nc(N4CC5CCC(C4)O5)c3s2)CC1. The number of ether oxygens (including phenoxy) is 1. The predicted octanol–water partition coefficient (Wildman–Crippen LogP) is 3.09. The van der Waals surface area contributed by atoms with Crippen molar-refractivity contribution in [3.8, 4) is 11.4 Å². The van der Waals surface area contributed by atoms with E-state index in [-0.39, 0.29) is 18.2 Å². The lowest BCUT2D eigenvalue weighted by atomic mass is 10.2.